The summed E-state index contributed by atoms with van der Waals surface area (Å²) in [7, 11) is -3.89. The van der Waals surface area contributed by atoms with Crippen LogP contribution < -0.4 is 0 Å². The van der Waals surface area contributed by atoms with Crippen LogP contribution in [0.2, 0.25) is 0 Å². The lowest BCUT2D eigenvalue weighted by Gasteiger charge is -2.10. The fourth-order valence-corrected chi connectivity index (χ4v) is 2.77. The summed E-state index contributed by atoms with van der Waals surface area (Å²) in [5.74, 6) is 0.0906. The predicted octanol–water partition coefficient (Wildman–Crippen LogP) is 3.94. The molecule has 0 atom stereocenters. The zero-order valence-electron chi connectivity index (χ0n) is 10.8. The van der Waals surface area contributed by atoms with Gasteiger partial charge in [0.25, 0.3) is 0 Å². The molecule has 20 heavy (non-hydrogen) atoms. The number of benzene rings is 2. The summed E-state index contributed by atoms with van der Waals surface area (Å²) in [6.45, 7) is 1.88. The van der Waals surface area contributed by atoms with Crippen LogP contribution in [0.5, 0.6) is 0 Å². The molecule has 0 aromatic heterocycles. The Morgan fingerprint density at radius 3 is 2.20 bits per heavy atom. The van der Waals surface area contributed by atoms with Gasteiger partial charge >= 0.3 is 10.1 Å². The van der Waals surface area contributed by atoms with Crippen LogP contribution >= 0.6 is 11.6 Å². The van der Waals surface area contributed by atoms with Crippen molar-refractivity contribution in [1.82, 2.24) is 0 Å². The van der Waals surface area contributed by atoms with Gasteiger partial charge in [-0.05, 0) is 19.1 Å². The van der Waals surface area contributed by atoms with Gasteiger partial charge in [0.2, 0.25) is 0 Å². The lowest BCUT2D eigenvalue weighted by atomic mass is 10.2. The maximum absolute atomic E-state index is 12.2. The molecule has 0 radical (unpaired) electrons. The third kappa shape index (κ3) is 3.40. The van der Waals surface area contributed by atoms with Crippen LogP contribution in [0.25, 0.3) is 5.76 Å². The summed E-state index contributed by atoms with van der Waals surface area (Å²) in [4.78, 5) is 0.0926. The molecule has 3 nitrogen and oxygen atoms in total. The first-order valence-electron chi connectivity index (χ1n) is 5.90. The minimum absolute atomic E-state index is 0.0906. The van der Waals surface area contributed by atoms with Crippen molar-refractivity contribution in [2.45, 2.75) is 11.8 Å². The van der Waals surface area contributed by atoms with E-state index in [-0.39, 0.29) is 10.7 Å². The second-order valence-corrected chi connectivity index (χ2v) is 5.95. The zero-order chi connectivity index (χ0) is 14.6. The first-order valence-corrected chi connectivity index (χ1v) is 7.74. The van der Waals surface area contributed by atoms with Crippen LogP contribution in [0, 0.1) is 6.92 Å². The molecule has 0 heterocycles. The van der Waals surface area contributed by atoms with Gasteiger partial charge in [0.15, 0.2) is 5.76 Å². The average Bonchev–Trinajstić information content (AvgIpc) is 2.46. The Balaban J connectivity index is 2.30. The maximum atomic E-state index is 12.2. The molecule has 0 aliphatic heterocycles. The summed E-state index contributed by atoms with van der Waals surface area (Å²) in [6.07, 6.45) is 0. The smallest absolute Gasteiger partial charge is 0.339 e. The quantitative estimate of drug-likeness (QED) is 0.635. The summed E-state index contributed by atoms with van der Waals surface area (Å²) < 4.78 is 29.4. The fourth-order valence-electron chi connectivity index (χ4n) is 1.60. The molecular formula is C15H13ClO3S. The predicted molar refractivity (Wildman–Crippen MR) is 79.7 cm³/mol. The van der Waals surface area contributed by atoms with Crippen molar-refractivity contribution in [2.75, 3.05) is 0 Å². The van der Waals surface area contributed by atoms with E-state index < -0.39 is 10.1 Å². The molecule has 0 saturated carbocycles. The van der Waals surface area contributed by atoms with Gasteiger partial charge in [0.1, 0.15) is 4.90 Å². The summed E-state index contributed by atoms with van der Waals surface area (Å²) >= 11 is 5.67. The number of hydrogen-bond donors (Lipinski definition) is 0. The van der Waals surface area contributed by atoms with Crippen molar-refractivity contribution in [3.05, 3.63) is 71.3 Å². The van der Waals surface area contributed by atoms with Crippen molar-refractivity contribution >= 4 is 27.5 Å². The lowest BCUT2D eigenvalue weighted by Crippen LogP contribution is -2.05. The highest BCUT2D eigenvalue weighted by Crippen LogP contribution is 2.23. The molecule has 0 aliphatic carbocycles. The highest BCUT2D eigenvalue weighted by molar-refractivity contribution is 7.87. The number of aryl methyl sites for hydroxylation is 1. The van der Waals surface area contributed by atoms with Gasteiger partial charge in [0.05, 0.1) is 0 Å². The molecule has 5 heteroatoms. The highest BCUT2D eigenvalue weighted by Gasteiger charge is 2.18. The van der Waals surface area contributed by atoms with Crippen LogP contribution in [-0.4, -0.2) is 8.42 Å². The molecular weight excluding hydrogens is 296 g/mol. The summed E-state index contributed by atoms with van der Waals surface area (Å²) in [5.41, 5.74) is 2.68. The first kappa shape index (κ1) is 14.6. The number of hydrogen-bond acceptors (Lipinski definition) is 3. The van der Waals surface area contributed by atoms with E-state index in [1.165, 1.54) is 12.1 Å². The molecule has 0 aliphatic rings. The largest absolute Gasteiger partial charge is 0.377 e. The molecule has 104 valence electrons. The van der Waals surface area contributed by atoms with E-state index in [1.807, 2.05) is 13.0 Å². The minimum atomic E-state index is -3.89. The van der Waals surface area contributed by atoms with Crippen molar-refractivity contribution in [1.29, 1.82) is 0 Å². The van der Waals surface area contributed by atoms with Crippen LogP contribution in [0.1, 0.15) is 11.1 Å². The van der Waals surface area contributed by atoms with Crippen molar-refractivity contribution < 1.29 is 12.6 Å². The molecule has 2 rings (SSSR count). The van der Waals surface area contributed by atoms with E-state index in [2.05, 4.69) is 0 Å². The molecule has 2 aromatic carbocycles. The molecule has 2 aromatic rings. The first-order chi connectivity index (χ1) is 9.53. The van der Waals surface area contributed by atoms with Crippen LogP contribution in [0.15, 0.2) is 65.0 Å². The topological polar surface area (TPSA) is 43.4 Å². The maximum Gasteiger partial charge on any atom is 0.339 e. The number of rotatable bonds is 4. The third-order valence-electron chi connectivity index (χ3n) is 2.67. The average molecular weight is 309 g/mol. The van der Waals surface area contributed by atoms with Gasteiger partial charge < -0.3 is 4.18 Å². The molecule has 0 saturated heterocycles. The van der Waals surface area contributed by atoms with Gasteiger partial charge in [-0.3, -0.25) is 0 Å². The lowest BCUT2D eigenvalue weighted by molar-refractivity contribution is 0.464. The molecule has 0 amide bonds. The molecule has 0 bridgehead atoms. The Morgan fingerprint density at radius 1 is 1.05 bits per heavy atom. The van der Waals surface area contributed by atoms with Crippen molar-refractivity contribution in [2.24, 2.45) is 0 Å². The van der Waals surface area contributed by atoms with E-state index in [4.69, 9.17) is 15.8 Å². The Hall–Kier alpha value is -1.78. The van der Waals surface area contributed by atoms with Gasteiger partial charge in [0, 0.05) is 11.1 Å². The molecule has 0 unspecified atom stereocenters. The van der Waals surface area contributed by atoms with Gasteiger partial charge in [-0.1, -0.05) is 59.6 Å². The van der Waals surface area contributed by atoms with E-state index in [1.54, 1.807) is 36.4 Å². The Bertz CT molecular complexity index is 705. The van der Waals surface area contributed by atoms with Crippen molar-refractivity contribution in [3.63, 3.8) is 0 Å². The van der Waals surface area contributed by atoms with E-state index in [0.29, 0.717) is 5.56 Å². The van der Waals surface area contributed by atoms with Gasteiger partial charge in [-0.2, -0.15) is 8.42 Å². The molecule has 0 fully saturated rings. The van der Waals surface area contributed by atoms with Crippen LogP contribution in [-0.2, 0) is 14.3 Å². The second-order valence-electron chi connectivity index (χ2n) is 4.19. The standard InChI is InChI=1S/C15H13ClO3S/c1-12-7-9-14(10-8-12)20(17,18)19-15(11-16)13-5-3-2-4-6-13/h2-11H,1H3/b15-11+. The molecule has 0 N–H and O–H groups in total. The zero-order valence-corrected chi connectivity index (χ0v) is 12.4. The van der Waals surface area contributed by atoms with Crippen molar-refractivity contribution in [3.8, 4) is 0 Å². The van der Waals surface area contributed by atoms with Gasteiger partial charge in [-0.25, -0.2) is 0 Å². The van der Waals surface area contributed by atoms with Crippen LogP contribution in [0.4, 0.5) is 0 Å². The third-order valence-corrected chi connectivity index (χ3v) is 4.11. The highest BCUT2D eigenvalue weighted by atomic mass is 35.5. The summed E-state index contributed by atoms with van der Waals surface area (Å²) in [5, 5.41) is 0. The second kappa shape index (κ2) is 6.11. The monoisotopic (exact) mass is 308 g/mol. The normalized spacial score (nSPS) is 12.2. The Kier molecular flexibility index (Phi) is 4.47. The van der Waals surface area contributed by atoms with Gasteiger partial charge in [-0.15, -0.1) is 0 Å². The van der Waals surface area contributed by atoms with E-state index in [9.17, 15) is 8.42 Å². The van der Waals surface area contributed by atoms with E-state index >= 15 is 0 Å². The number of halogens is 1. The summed E-state index contributed by atoms with van der Waals surface area (Å²) in [6, 6.07) is 15.2. The van der Waals surface area contributed by atoms with Crippen LogP contribution in [0.3, 0.4) is 0 Å². The Labute approximate surface area is 123 Å². The SMILES string of the molecule is Cc1ccc(S(=O)(=O)O/C(=C/Cl)c2ccccc2)cc1. The van der Waals surface area contributed by atoms with E-state index in [0.717, 1.165) is 11.1 Å². The minimum Gasteiger partial charge on any atom is -0.377 e. The fraction of sp³-hybridized carbons (Fsp3) is 0.0667. The Morgan fingerprint density at radius 2 is 1.65 bits per heavy atom. The molecule has 0 spiro atoms.